The molecule has 7 heteroatoms. The van der Waals surface area contributed by atoms with Gasteiger partial charge in [-0.1, -0.05) is 31.0 Å². The number of aromatic nitrogens is 2. The molecule has 1 aliphatic carbocycles. The van der Waals surface area contributed by atoms with Crippen LogP contribution < -0.4 is 20.4 Å². The minimum atomic E-state index is -0.180. The average molecular weight is 366 g/mol. The second-order valence-corrected chi connectivity index (χ2v) is 7.15. The summed E-state index contributed by atoms with van der Waals surface area (Å²) in [7, 11) is 0. The van der Waals surface area contributed by atoms with Crippen LogP contribution in [0.3, 0.4) is 0 Å². The summed E-state index contributed by atoms with van der Waals surface area (Å²) >= 11 is 0. The van der Waals surface area contributed by atoms with E-state index in [0.717, 1.165) is 44.8 Å². The lowest BCUT2D eigenvalue weighted by Gasteiger charge is -2.36. The molecule has 2 aliphatic rings. The Hall–Kier alpha value is -2.83. The number of carbonyl (C=O) groups is 1. The van der Waals surface area contributed by atoms with Gasteiger partial charge in [0.25, 0.3) is 0 Å². The number of hydrogen-bond acceptors (Lipinski definition) is 5. The topological polar surface area (TPSA) is 73.4 Å². The summed E-state index contributed by atoms with van der Waals surface area (Å²) < 4.78 is 0. The third kappa shape index (κ3) is 4.48. The minimum absolute atomic E-state index is 0.180. The molecule has 142 valence electrons. The third-order valence-corrected chi connectivity index (χ3v) is 5.31. The summed E-state index contributed by atoms with van der Waals surface area (Å²) in [5.41, 5.74) is 1.26. The monoisotopic (exact) mass is 366 g/mol. The summed E-state index contributed by atoms with van der Waals surface area (Å²) in [5, 5.41) is 5.86. The van der Waals surface area contributed by atoms with Crippen molar-refractivity contribution in [2.75, 3.05) is 41.3 Å². The molecule has 0 spiro atoms. The van der Waals surface area contributed by atoms with E-state index in [1.165, 1.54) is 24.9 Å². The van der Waals surface area contributed by atoms with Crippen molar-refractivity contribution in [2.24, 2.45) is 0 Å². The standard InChI is InChI=1S/C20H26N6O/c27-20(23-16-6-4-5-7-16)24-18-14-19(22-15-21-18)26-12-10-25(11-13-26)17-8-2-1-3-9-17/h1-3,8-9,14-16H,4-7,10-13H2,(H2,21,22,23,24,27). The maximum Gasteiger partial charge on any atom is 0.320 e. The van der Waals surface area contributed by atoms with E-state index in [4.69, 9.17) is 0 Å². The van der Waals surface area contributed by atoms with Gasteiger partial charge in [-0.25, -0.2) is 14.8 Å². The Morgan fingerprint density at radius 2 is 1.67 bits per heavy atom. The second kappa shape index (κ2) is 8.24. The van der Waals surface area contributed by atoms with Gasteiger partial charge in [0.05, 0.1) is 0 Å². The molecule has 1 aliphatic heterocycles. The van der Waals surface area contributed by atoms with Crippen molar-refractivity contribution in [3.63, 3.8) is 0 Å². The first-order valence-electron chi connectivity index (χ1n) is 9.72. The van der Waals surface area contributed by atoms with E-state index in [1.807, 2.05) is 12.1 Å². The van der Waals surface area contributed by atoms with E-state index in [1.54, 1.807) is 0 Å². The molecule has 4 rings (SSSR count). The Kier molecular flexibility index (Phi) is 5.37. The van der Waals surface area contributed by atoms with Crippen LogP contribution in [0.15, 0.2) is 42.7 Å². The van der Waals surface area contributed by atoms with Gasteiger partial charge in [-0.3, -0.25) is 5.32 Å². The number of amides is 2. The molecule has 2 N–H and O–H groups in total. The van der Waals surface area contributed by atoms with Crippen LogP contribution in [-0.2, 0) is 0 Å². The van der Waals surface area contributed by atoms with Gasteiger partial charge >= 0.3 is 6.03 Å². The molecule has 2 heterocycles. The maximum atomic E-state index is 12.2. The zero-order valence-corrected chi connectivity index (χ0v) is 15.5. The molecule has 1 saturated carbocycles. The number of piperazine rings is 1. The summed E-state index contributed by atoms with van der Waals surface area (Å²) in [5.74, 6) is 1.40. The van der Waals surface area contributed by atoms with Crippen LogP contribution >= 0.6 is 0 Å². The molecule has 27 heavy (non-hydrogen) atoms. The lowest BCUT2D eigenvalue weighted by molar-refractivity contribution is 0.248. The van der Waals surface area contributed by atoms with Gasteiger partial charge in [0.2, 0.25) is 0 Å². The second-order valence-electron chi connectivity index (χ2n) is 7.15. The highest BCUT2D eigenvalue weighted by atomic mass is 16.2. The molecule has 2 amide bonds. The summed E-state index contributed by atoms with van der Waals surface area (Å²) in [6.07, 6.45) is 6.03. The Balaban J connectivity index is 1.33. The molecule has 0 atom stereocenters. The molecule has 1 aromatic carbocycles. The SMILES string of the molecule is O=C(Nc1cc(N2CCN(c3ccccc3)CC2)ncn1)NC1CCCC1. The number of carbonyl (C=O) groups excluding carboxylic acids is 1. The number of benzene rings is 1. The normalized spacial score (nSPS) is 17.8. The number of nitrogens with zero attached hydrogens (tertiary/aromatic N) is 4. The highest BCUT2D eigenvalue weighted by Gasteiger charge is 2.20. The summed E-state index contributed by atoms with van der Waals surface area (Å²) in [6.45, 7) is 3.66. The number of para-hydroxylation sites is 1. The lowest BCUT2D eigenvalue weighted by Crippen LogP contribution is -2.46. The molecule has 2 aromatic rings. The first-order chi connectivity index (χ1) is 13.3. The number of rotatable bonds is 4. The third-order valence-electron chi connectivity index (χ3n) is 5.31. The molecule has 2 fully saturated rings. The van der Waals surface area contributed by atoms with E-state index >= 15 is 0 Å². The van der Waals surface area contributed by atoms with Gasteiger partial charge in [0.1, 0.15) is 18.0 Å². The molecular formula is C20H26N6O. The molecule has 1 saturated heterocycles. The van der Waals surface area contributed by atoms with Crippen molar-refractivity contribution in [1.29, 1.82) is 0 Å². The number of anilines is 3. The molecule has 7 nitrogen and oxygen atoms in total. The van der Waals surface area contributed by atoms with E-state index in [-0.39, 0.29) is 12.1 Å². The summed E-state index contributed by atoms with van der Waals surface area (Å²) in [4.78, 5) is 25.4. The molecular weight excluding hydrogens is 340 g/mol. The maximum absolute atomic E-state index is 12.2. The largest absolute Gasteiger partial charge is 0.368 e. The molecule has 0 unspecified atom stereocenters. The Morgan fingerprint density at radius 1 is 0.963 bits per heavy atom. The number of nitrogens with one attached hydrogen (secondary N) is 2. The first-order valence-corrected chi connectivity index (χ1v) is 9.72. The predicted molar refractivity (Wildman–Crippen MR) is 107 cm³/mol. The van der Waals surface area contributed by atoms with Crippen molar-refractivity contribution in [2.45, 2.75) is 31.7 Å². The number of hydrogen-bond donors (Lipinski definition) is 2. The van der Waals surface area contributed by atoms with Crippen LogP contribution in [0.25, 0.3) is 0 Å². The van der Waals surface area contributed by atoms with Gasteiger partial charge < -0.3 is 15.1 Å². The highest BCUT2D eigenvalue weighted by Crippen LogP contribution is 2.21. The van der Waals surface area contributed by atoms with Gasteiger partial charge in [-0.05, 0) is 25.0 Å². The minimum Gasteiger partial charge on any atom is -0.368 e. The van der Waals surface area contributed by atoms with Crippen molar-refractivity contribution in [3.8, 4) is 0 Å². The molecule has 1 aromatic heterocycles. The van der Waals surface area contributed by atoms with Crippen molar-refractivity contribution in [1.82, 2.24) is 15.3 Å². The van der Waals surface area contributed by atoms with Crippen LogP contribution in [0, 0.1) is 0 Å². The van der Waals surface area contributed by atoms with Crippen LogP contribution in [0.5, 0.6) is 0 Å². The predicted octanol–water partition coefficient (Wildman–Crippen LogP) is 2.87. The van der Waals surface area contributed by atoms with Crippen molar-refractivity contribution >= 4 is 23.4 Å². The van der Waals surface area contributed by atoms with Gasteiger partial charge in [0, 0.05) is 44.0 Å². The van der Waals surface area contributed by atoms with Crippen LogP contribution in [-0.4, -0.2) is 48.2 Å². The fourth-order valence-corrected chi connectivity index (χ4v) is 3.83. The number of urea groups is 1. The molecule has 0 bridgehead atoms. The van der Waals surface area contributed by atoms with E-state index < -0.39 is 0 Å². The smallest absolute Gasteiger partial charge is 0.320 e. The highest BCUT2D eigenvalue weighted by molar-refractivity contribution is 5.88. The van der Waals surface area contributed by atoms with Gasteiger partial charge in [-0.15, -0.1) is 0 Å². The lowest BCUT2D eigenvalue weighted by atomic mass is 10.2. The quantitative estimate of drug-likeness (QED) is 0.870. The van der Waals surface area contributed by atoms with Crippen LogP contribution in [0.1, 0.15) is 25.7 Å². The zero-order valence-electron chi connectivity index (χ0n) is 15.5. The van der Waals surface area contributed by atoms with Crippen molar-refractivity contribution in [3.05, 3.63) is 42.7 Å². The molecule has 0 radical (unpaired) electrons. The Bertz CT molecular complexity index is 754. The van der Waals surface area contributed by atoms with Crippen molar-refractivity contribution < 1.29 is 4.79 Å². The van der Waals surface area contributed by atoms with Gasteiger partial charge in [0.15, 0.2) is 0 Å². The Labute approximate surface area is 159 Å². The zero-order chi connectivity index (χ0) is 18.5. The van der Waals surface area contributed by atoms with Crippen LogP contribution in [0.4, 0.5) is 22.1 Å². The fourth-order valence-electron chi connectivity index (χ4n) is 3.83. The first kappa shape index (κ1) is 17.6. The average Bonchev–Trinajstić information content (AvgIpc) is 3.22. The fraction of sp³-hybridized carbons (Fsp3) is 0.450. The van der Waals surface area contributed by atoms with Gasteiger partial charge in [-0.2, -0.15) is 0 Å². The van der Waals surface area contributed by atoms with Crippen LogP contribution in [0.2, 0.25) is 0 Å². The van der Waals surface area contributed by atoms with E-state index in [0.29, 0.717) is 5.82 Å². The van der Waals surface area contributed by atoms with E-state index in [9.17, 15) is 4.79 Å². The Morgan fingerprint density at radius 3 is 2.41 bits per heavy atom. The van der Waals surface area contributed by atoms with E-state index in [2.05, 4.69) is 54.7 Å². The summed E-state index contributed by atoms with van der Waals surface area (Å²) in [6, 6.07) is 12.4.